The topological polar surface area (TPSA) is 0 Å². The molecule has 0 aromatic heterocycles. The highest BCUT2D eigenvalue weighted by Gasteiger charge is 2.20. The number of benzene rings is 3. The van der Waals surface area contributed by atoms with Gasteiger partial charge in [0.05, 0.1) is 0 Å². The van der Waals surface area contributed by atoms with Crippen molar-refractivity contribution < 1.29 is 0 Å². The van der Waals surface area contributed by atoms with Gasteiger partial charge >= 0.3 is 0 Å². The van der Waals surface area contributed by atoms with Gasteiger partial charge in [0.1, 0.15) is 0 Å². The van der Waals surface area contributed by atoms with Crippen LogP contribution in [-0.4, -0.2) is 0 Å². The fourth-order valence-corrected chi connectivity index (χ4v) is 5.76. The molecule has 0 amide bonds. The quantitative estimate of drug-likeness (QED) is 0.551. The van der Waals surface area contributed by atoms with Gasteiger partial charge in [0, 0.05) is 0 Å². The number of aryl methyl sites for hydroxylation is 2. The summed E-state index contributed by atoms with van der Waals surface area (Å²) < 4.78 is 0. The van der Waals surface area contributed by atoms with Crippen molar-refractivity contribution in [3.63, 3.8) is 0 Å². The molecule has 0 fully saturated rings. The Morgan fingerprint density at radius 1 is 0.708 bits per heavy atom. The molecule has 3 rings (SSSR count). The number of hydrogen-bond donors (Lipinski definition) is 0. The summed E-state index contributed by atoms with van der Waals surface area (Å²) in [5.41, 5.74) is 2.90. The summed E-state index contributed by atoms with van der Waals surface area (Å²) in [5.74, 6) is 0. The number of rotatable bonds is 6. The molecule has 0 aliphatic rings. The molecule has 122 valence electrons. The monoisotopic (exact) mass is 332 g/mol. The van der Waals surface area contributed by atoms with Crippen molar-refractivity contribution in [2.24, 2.45) is 0 Å². The maximum absolute atomic E-state index is 2.34. The van der Waals surface area contributed by atoms with E-state index in [0.29, 0.717) is 0 Å². The Morgan fingerprint density at radius 3 is 2.04 bits per heavy atom. The molecule has 0 aliphatic heterocycles. The van der Waals surface area contributed by atoms with E-state index < -0.39 is 7.92 Å². The zero-order valence-electron chi connectivity index (χ0n) is 14.6. The van der Waals surface area contributed by atoms with Crippen molar-refractivity contribution in [3.8, 4) is 0 Å². The summed E-state index contributed by atoms with van der Waals surface area (Å²) in [6.07, 6.45) is 3.66. The van der Waals surface area contributed by atoms with Crippen LogP contribution in [0.1, 0.15) is 30.9 Å². The van der Waals surface area contributed by atoms with Crippen molar-refractivity contribution in [2.45, 2.75) is 33.1 Å². The zero-order valence-corrected chi connectivity index (χ0v) is 15.5. The normalized spacial score (nSPS) is 12.1. The molecule has 0 saturated carbocycles. The first-order valence-corrected chi connectivity index (χ1v) is 10.1. The molecule has 24 heavy (non-hydrogen) atoms. The van der Waals surface area contributed by atoms with Crippen molar-refractivity contribution in [1.82, 2.24) is 0 Å². The van der Waals surface area contributed by atoms with Gasteiger partial charge in [0.2, 0.25) is 0 Å². The fraction of sp³-hybridized carbons (Fsp3) is 0.217. The van der Waals surface area contributed by atoms with Crippen LogP contribution in [0.15, 0.2) is 78.9 Å². The highest BCUT2D eigenvalue weighted by Crippen LogP contribution is 2.35. The van der Waals surface area contributed by atoms with Crippen LogP contribution in [0.25, 0.3) is 0 Å². The van der Waals surface area contributed by atoms with Gasteiger partial charge in [-0.2, -0.15) is 0 Å². The maximum Gasteiger partial charge on any atom is -0.0119 e. The molecule has 1 heteroatoms. The summed E-state index contributed by atoms with van der Waals surface area (Å²) in [6, 6.07) is 28.9. The minimum Gasteiger partial charge on any atom is -0.0654 e. The van der Waals surface area contributed by atoms with Crippen molar-refractivity contribution >= 4 is 23.8 Å². The lowest BCUT2D eigenvalue weighted by Gasteiger charge is -2.23. The Bertz CT molecular complexity index is 777. The van der Waals surface area contributed by atoms with Crippen LogP contribution < -0.4 is 15.9 Å². The highest BCUT2D eigenvalue weighted by atomic mass is 31.1. The van der Waals surface area contributed by atoms with Gasteiger partial charge in [-0.25, -0.2) is 0 Å². The third-order valence-corrected chi connectivity index (χ3v) is 7.12. The van der Waals surface area contributed by atoms with Crippen molar-refractivity contribution in [1.29, 1.82) is 0 Å². The number of unbranched alkanes of at least 4 members (excludes halogenated alkanes) is 1. The van der Waals surface area contributed by atoms with E-state index in [1.165, 1.54) is 46.3 Å². The van der Waals surface area contributed by atoms with E-state index >= 15 is 0 Å². The lowest BCUT2D eigenvalue weighted by atomic mass is 10.1. The second-order valence-electron chi connectivity index (χ2n) is 6.19. The first-order chi connectivity index (χ1) is 11.8. The first kappa shape index (κ1) is 16.9. The van der Waals surface area contributed by atoms with Crippen molar-refractivity contribution in [2.75, 3.05) is 0 Å². The smallest absolute Gasteiger partial charge is 0.0119 e. The van der Waals surface area contributed by atoms with Gasteiger partial charge in [0.15, 0.2) is 0 Å². The predicted octanol–water partition coefficient (Wildman–Crippen LogP) is 5.10. The van der Waals surface area contributed by atoms with Crippen LogP contribution in [0.5, 0.6) is 0 Å². The van der Waals surface area contributed by atoms with E-state index in [-0.39, 0.29) is 0 Å². The van der Waals surface area contributed by atoms with Gasteiger partial charge in [-0.1, -0.05) is 92.2 Å². The van der Waals surface area contributed by atoms with Crippen LogP contribution >= 0.6 is 7.92 Å². The third-order valence-electron chi connectivity index (χ3n) is 4.40. The zero-order chi connectivity index (χ0) is 16.8. The summed E-state index contributed by atoms with van der Waals surface area (Å²) in [6.45, 7) is 4.51. The molecule has 3 aromatic carbocycles. The minimum atomic E-state index is -0.504. The lowest BCUT2D eigenvalue weighted by molar-refractivity contribution is 0.798. The fourth-order valence-electron chi connectivity index (χ4n) is 3.11. The van der Waals surface area contributed by atoms with Crippen molar-refractivity contribution in [3.05, 3.63) is 90.0 Å². The van der Waals surface area contributed by atoms with Gasteiger partial charge in [-0.05, 0) is 54.7 Å². The standard InChI is InChI=1S/C23H25P/c1-3-4-13-20-14-9-11-18-23(20)24(21-15-6-5-7-16-21)22-17-10-8-12-19(22)2/h5-12,14-18H,3-4,13H2,1-2H3. The molecule has 0 bridgehead atoms. The lowest BCUT2D eigenvalue weighted by Crippen LogP contribution is -2.24. The molecular formula is C23H25P. The average molecular weight is 332 g/mol. The molecule has 0 nitrogen and oxygen atoms in total. The van der Waals surface area contributed by atoms with Gasteiger partial charge in [0.25, 0.3) is 0 Å². The number of hydrogen-bond acceptors (Lipinski definition) is 0. The van der Waals surface area contributed by atoms with Gasteiger partial charge in [-0.15, -0.1) is 0 Å². The molecule has 0 aliphatic carbocycles. The van der Waals surface area contributed by atoms with E-state index in [1.54, 1.807) is 0 Å². The molecule has 0 radical (unpaired) electrons. The molecule has 0 N–H and O–H groups in total. The van der Waals surface area contributed by atoms with E-state index in [4.69, 9.17) is 0 Å². The maximum atomic E-state index is 2.34. The molecule has 0 saturated heterocycles. The summed E-state index contributed by atoms with van der Waals surface area (Å²) in [7, 11) is -0.504. The Balaban J connectivity index is 2.15. The van der Waals surface area contributed by atoms with Crippen LogP contribution in [0.4, 0.5) is 0 Å². The average Bonchev–Trinajstić information content (AvgIpc) is 2.64. The molecule has 1 unspecified atom stereocenters. The molecule has 3 aromatic rings. The Morgan fingerprint density at radius 2 is 1.33 bits per heavy atom. The second kappa shape index (κ2) is 8.27. The minimum absolute atomic E-state index is 0.504. The van der Waals surface area contributed by atoms with Crippen LogP contribution in [-0.2, 0) is 6.42 Å². The Labute approximate surface area is 147 Å². The molecular weight excluding hydrogens is 307 g/mol. The Hall–Kier alpha value is -1.91. The SMILES string of the molecule is CCCCc1ccccc1P(c1ccccc1)c1ccccc1C. The summed E-state index contributed by atoms with van der Waals surface area (Å²) in [5, 5.41) is 4.43. The van der Waals surface area contributed by atoms with E-state index in [1.807, 2.05) is 0 Å². The van der Waals surface area contributed by atoms with Crippen LogP contribution in [0.2, 0.25) is 0 Å². The van der Waals surface area contributed by atoms with E-state index in [0.717, 1.165) is 0 Å². The second-order valence-corrected chi connectivity index (χ2v) is 8.34. The highest BCUT2D eigenvalue weighted by molar-refractivity contribution is 7.80. The first-order valence-electron chi connectivity index (χ1n) is 8.80. The summed E-state index contributed by atoms with van der Waals surface area (Å²) >= 11 is 0. The summed E-state index contributed by atoms with van der Waals surface area (Å²) in [4.78, 5) is 0. The molecule has 1 atom stereocenters. The van der Waals surface area contributed by atoms with Crippen LogP contribution in [0, 0.1) is 6.92 Å². The predicted molar refractivity (Wildman–Crippen MR) is 108 cm³/mol. The van der Waals surface area contributed by atoms with Gasteiger partial charge in [-0.3, -0.25) is 0 Å². The largest absolute Gasteiger partial charge is 0.0654 e. The molecule has 0 heterocycles. The van der Waals surface area contributed by atoms with Gasteiger partial charge < -0.3 is 0 Å². The van der Waals surface area contributed by atoms with E-state index in [9.17, 15) is 0 Å². The van der Waals surface area contributed by atoms with Crippen LogP contribution in [0.3, 0.4) is 0 Å². The Kier molecular flexibility index (Phi) is 5.83. The molecule has 0 spiro atoms. The van der Waals surface area contributed by atoms with E-state index in [2.05, 4.69) is 92.7 Å². The third kappa shape index (κ3) is 3.77.